The van der Waals surface area contributed by atoms with Gasteiger partial charge in [-0.25, -0.2) is 0 Å². The molecule has 0 radical (unpaired) electrons. The maximum Gasteiger partial charge on any atom is 0.283 e. The Bertz CT molecular complexity index is 1500. The van der Waals surface area contributed by atoms with E-state index in [1.807, 2.05) is 67.6 Å². The number of phenols is 1. The van der Waals surface area contributed by atoms with E-state index in [0.717, 1.165) is 38.6 Å². The van der Waals surface area contributed by atoms with Gasteiger partial charge in [0.15, 0.2) is 0 Å². The molecule has 0 fully saturated rings. The van der Waals surface area contributed by atoms with Gasteiger partial charge >= 0.3 is 0 Å². The second-order valence-electron chi connectivity index (χ2n) is 12.1. The average molecular weight is 583 g/mol. The molecule has 0 aliphatic carbocycles. The molecule has 39 heavy (non-hydrogen) atoms. The Morgan fingerprint density at radius 2 is 1.26 bits per heavy atom. The van der Waals surface area contributed by atoms with Crippen LogP contribution in [-0.4, -0.2) is 14.8 Å². The van der Waals surface area contributed by atoms with Gasteiger partial charge in [-0.3, -0.25) is 9.69 Å². The van der Waals surface area contributed by atoms with Gasteiger partial charge in [-0.15, -0.1) is 0 Å². The summed E-state index contributed by atoms with van der Waals surface area (Å²) in [7, 11) is 0. The van der Waals surface area contributed by atoms with Crippen molar-refractivity contribution in [3.63, 3.8) is 0 Å². The minimum Gasteiger partial charge on any atom is -0.507 e. The second-order valence-corrected chi connectivity index (χ2v) is 14.4. The summed E-state index contributed by atoms with van der Waals surface area (Å²) in [6.07, 6.45) is 0. The van der Waals surface area contributed by atoms with Crippen molar-refractivity contribution in [2.45, 2.75) is 63.1 Å². The third-order valence-corrected chi connectivity index (χ3v) is 7.40. The van der Waals surface area contributed by atoms with Crippen molar-refractivity contribution < 1.29 is 9.90 Å². The molecule has 3 nitrogen and oxygen atoms in total. The van der Waals surface area contributed by atoms with Crippen LogP contribution in [0.2, 0.25) is 0 Å². The first-order valence-electron chi connectivity index (χ1n) is 12.9. The summed E-state index contributed by atoms with van der Waals surface area (Å²) in [6.45, 7) is 14.6. The van der Waals surface area contributed by atoms with Gasteiger partial charge in [0, 0.05) is 22.2 Å². The molecule has 0 unspecified atom stereocenters. The molecule has 4 aromatic rings. The van der Waals surface area contributed by atoms with Crippen molar-refractivity contribution >= 4 is 62.9 Å². The number of alkyl halides is 3. The van der Waals surface area contributed by atoms with Crippen LogP contribution in [0.1, 0.15) is 58.2 Å². The predicted molar refractivity (Wildman–Crippen MR) is 167 cm³/mol. The zero-order valence-corrected chi connectivity index (χ0v) is 25.6. The summed E-state index contributed by atoms with van der Waals surface area (Å²) in [6, 6.07) is 23.5. The van der Waals surface area contributed by atoms with Crippen LogP contribution in [0.5, 0.6) is 5.75 Å². The van der Waals surface area contributed by atoms with Crippen LogP contribution >= 0.6 is 34.8 Å². The van der Waals surface area contributed by atoms with Crippen molar-refractivity contribution in [2.75, 3.05) is 4.90 Å². The molecule has 0 bridgehead atoms. The van der Waals surface area contributed by atoms with Gasteiger partial charge in [-0.05, 0) is 64.6 Å². The molecule has 0 atom stereocenters. The molecule has 1 amide bonds. The number of halogens is 3. The highest BCUT2D eigenvalue weighted by Gasteiger charge is 2.37. The van der Waals surface area contributed by atoms with E-state index < -0.39 is 9.70 Å². The number of fused-ring (bicyclic) bond motifs is 1. The largest absolute Gasteiger partial charge is 0.507 e. The first-order valence-corrected chi connectivity index (χ1v) is 14.0. The minimum atomic E-state index is -2.15. The monoisotopic (exact) mass is 581 g/mol. The lowest BCUT2D eigenvalue weighted by atomic mass is 9.77. The Labute approximate surface area is 246 Å². The number of rotatable bonds is 3. The molecule has 0 spiro atoms. The van der Waals surface area contributed by atoms with Gasteiger partial charge in [-0.2, -0.15) is 0 Å². The second kappa shape index (κ2) is 10.4. The Morgan fingerprint density at radius 3 is 1.74 bits per heavy atom. The number of hydrogen-bond acceptors (Lipinski definition) is 2. The van der Waals surface area contributed by atoms with E-state index in [4.69, 9.17) is 34.8 Å². The zero-order valence-electron chi connectivity index (χ0n) is 23.4. The van der Waals surface area contributed by atoms with Crippen LogP contribution in [0.15, 0.2) is 72.8 Å². The summed E-state index contributed by atoms with van der Waals surface area (Å²) < 4.78 is -2.15. The van der Waals surface area contributed by atoms with Crippen molar-refractivity contribution in [3.8, 4) is 16.9 Å². The van der Waals surface area contributed by atoms with E-state index in [1.165, 1.54) is 4.90 Å². The number of benzene rings is 4. The number of hydrogen-bond donors (Lipinski definition) is 1. The number of nitrogens with zero attached hydrogens (tertiary/aromatic N) is 1. The van der Waals surface area contributed by atoms with E-state index in [9.17, 15) is 9.90 Å². The fraction of sp³-hybridized carbons (Fsp3) is 0.303. The van der Waals surface area contributed by atoms with E-state index in [1.54, 1.807) is 0 Å². The quantitative estimate of drug-likeness (QED) is 0.244. The van der Waals surface area contributed by atoms with Gasteiger partial charge in [0.05, 0.1) is 5.69 Å². The molecular formula is C33H34Cl3NO2. The van der Waals surface area contributed by atoms with Crippen LogP contribution in [-0.2, 0) is 15.6 Å². The van der Waals surface area contributed by atoms with E-state index in [0.29, 0.717) is 17.1 Å². The lowest BCUT2D eigenvalue weighted by molar-refractivity contribution is -0.117. The fourth-order valence-corrected chi connectivity index (χ4v) is 5.10. The summed E-state index contributed by atoms with van der Waals surface area (Å²) in [5.74, 6) is -0.331. The van der Waals surface area contributed by atoms with Crippen LogP contribution in [0, 0.1) is 6.92 Å². The van der Waals surface area contributed by atoms with Gasteiger partial charge in [-0.1, -0.05) is 124 Å². The Hall–Kier alpha value is -2.72. The third-order valence-electron chi connectivity index (χ3n) is 6.92. The number of aromatic hydroxyl groups is 1. The lowest BCUT2D eigenvalue weighted by Gasteiger charge is -2.29. The topological polar surface area (TPSA) is 40.5 Å². The maximum atomic E-state index is 13.5. The van der Waals surface area contributed by atoms with Gasteiger partial charge in [0.1, 0.15) is 5.75 Å². The van der Waals surface area contributed by atoms with Gasteiger partial charge < -0.3 is 5.11 Å². The first kappa shape index (κ1) is 29.3. The highest BCUT2D eigenvalue weighted by Crippen LogP contribution is 2.45. The molecule has 1 N–H and O–H groups in total. The van der Waals surface area contributed by atoms with Crippen molar-refractivity contribution in [1.29, 1.82) is 0 Å². The fourth-order valence-electron chi connectivity index (χ4n) is 4.85. The standard InChI is InChI=1S/C33H34Cl3NO2/c1-20-12-14-22(15-13-20)37(30(39)33(34,35)36)28-17-16-23(24-10-8-9-11-25(24)28)21-18-26(31(2,3)4)29(38)27(19-21)32(5,6)7/h8-19,38H,1-7H3. The Balaban J connectivity index is 2.03. The van der Waals surface area contributed by atoms with Crippen molar-refractivity contribution in [3.05, 3.63) is 89.5 Å². The summed E-state index contributed by atoms with van der Waals surface area (Å²) in [5.41, 5.74) is 5.46. The number of anilines is 2. The molecule has 0 aliphatic rings. The number of aryl methyl sites for hydroxylation is 1. The average Bonchev–Trinajstić information content (AvgIpc) is 2.83. The molecule has 0 heterocycles. The van der Waals surface area contributed by atoms with Crippen LogP contribution in [0.4, 0.5) is 11.4 Å². The molecule has 0 saturated heterocycles. The highest BCUT2D eigenvalue weighted by atomic mass is 35.6. The van der Waals surface area contributed by atoms with E-state index >= 15 is 0 Å². The third kappa shape index (κ3) is 5.91. The Morgan fingerprint density at radius 1 is 0.744 bits per heavy atom. The van der Waals surface area contributed by atoms with E-state index in [2.05, 4.69) is 53.7 Å². The SMILES string of the molecule is Cc1ccc(N(C(=O)C(Cl)(Cl)Cl)c2ccc(-c3cc(C(C)(C)C)c(O)c(C(C)(C)C)c3)c3ccccc23)cc1. The van der Waals surface area contributed by atoms with Crippen LogP contribution < -0.4 is 4.90 Å². The highest BCUT2D eigenvalue weighted by molar-refractivity contribution is 6.77. The molecule has 0 aliphatic heterocycles. The maximum absolute atomic E-state index is 13.5. The number of phenolic OH excluding ortho intramolecular Hbond substituents is 1. The van der Waals surface area contributed by atoms with Crippen LogP contribution in [0.3, 0.4) is 0 Å². The molecule has 4 aromatic carbocycles. The Kier molecular flexibility index (Phi) is 7.77. The normalized spacial score (nSPS) is 12.6. The molecule has 0 saturated carbocycles. The van der Waals surface area contributed by atoms with Gasteiger partial charge in [0.2, 0.25) is 0 Å². The van der Waals surface area contributed by atoms with Crippen molar-refractivity contribution in [1.82, 2.24) is 0 Å². The predicted octanol–water partition coefficient (Wildman–Crippen LogP) is 10.2. The van der Waals surface area contributed by atoms with Crippen molar-refractivity contribution in [2.24, 2.45) is 0 Å². The smallest absolute Gasteiger partial charge is 0.283 e. The molecule has 204 valence electrons. The molecule has 4 rings (SSSR count). The zero-order chi connectivity index (χ0) is 28.9. The van der Waals surface area contributed by atoms with Gasteiger partial charge in [0.25, 0.3) is 9.70 Å². The number of amides is 1. The number of carbonyl (C=O) groups is 1. The summed E-state index contributed by atoms with van der Waals surface area (Å²) >= 11 is 18.4. The first-order chi connectivity index (χ1) is 18.0. The van der Waals surface area contributed by atoms with E-state index in [-0.39, 0.29) is 10.8 Å². The summed E-state index contributed by atoms with van der Waals surface area (Å²) in [4.78, 5) is 15.0. The summed E-state index contributed by atoms with van der Waals surface area (Å²) in [5, 5.41) is 13.0. The minimum absolute atomic E-state index is 0.269. The molecule has 6 heteroatoms. The molecular weight excluding hydrogens is 549 g/mol. The number of carbonyl (C=O) groups excluding carboxylic acids is 1. The molecule has 0 aromatic heterocycles. The van der Waals surface area contributed by atoms with Crippen LogP contribution in [0.25, 0.3) is 21.9 Å². The lowest BCUT2D eigenvalue weighted by Crippen LogP contribution is -2.36.